The summed E-state index contributed by atoms with van der Waals surface area (Å²) in [6.45, 7) is 0. The molecule has 0 aliphatic rings. The van der Waals surface area contributed by atoms with Gasteiger partial charge in [-0.1, -0.05) is 18.2 Å². The highest BCUT2D eigenvalue weighted by atomic mass is 19.4. The van der Waals surface area contributed by atoms with Gasteiger partial charge in [0, 0.05) is 17.2 Å². The van der Waals surface area contributed by atoms with Crippen LogP contribution >= 0.6 is 0 Å². The van der Waals surface area contributed by atoms with Gasteiger partial charge < -0.3 is 10.5 Å². The van der Waals surface area contributed by atoms with E-state index in [2.05, 4.69) is 4.74 Å². The van der Waals surface area contributed by atoms with Crippen molar-refractivity contribution < 1.29 is 26.7 Å². The van der Waals surface area contributed by atoms with E-state index in [4.69, 9.17) is 5.73 Å². The van der Waals surface area contributed by atoms with Crippen molar-refractivity contribution in [2.24, 2.45) is 0 Å². The summed E-state index contributed by atoms with van der Waals surface area (Å²) in [5.74, 6) is -2.59. The van der Waals surface area contributed by atoms with Crippen LogP contribution in [-0.4, -0.2) is 6.36 Å². The Hall–Kier alpha value is -2.31. The third-order valence-electron chi connectivity index (χ3n) is 2.50. The van der Waals surface area contributed by atoms with Crippen LogP contribution in [0.5, 0.6) is 5.75 Å². The first-order chi connectivity index (χ1) is 9.28. The molecule has 0 fully saturated rings. The van der Waals surface area contributed by atoms with E-state index in [1.807, 2.05) is 0 Å². The van der Waals surface area contributed by atoms with Gasteiger partial charge >= 0.3 is 6.36 Å². The van der Waals surface area contributed by atoms with Gasteiger partial charge in [-0.3, -0.25) is 0 Å². The predicted molar refractivity (Wildman–Crippen MR) is 62.9 cm³/mol. The Morgan fingerprint density at radius 3 is 2.25 bits per heavy atom. The van der Waals surface area contributed by atoms with Crippen molar-refractivity contribution in [3.63, 3.8) is 0 Å². The summed E-state index contributed by atoms with van der Waals surface area (Å²) in [7, 11) is 0. The van der Waals surface area contributed by atoms with Crippen molar-refractivity contribution in [1.29, 1.82) is 0 Å². The fourth-order valence-electron chi connectivity index (χ4n) is 1.71. The monoisotopic (exact) mass is 289 g/mol. The van der Waals surface area contributed by atoms with E-state index in [1.54, 1.807) is 0 Å². The van der Waals surface area contributed by atoms with Crippen LogP contribution in [0.15, 0.2) is 36.4 Å². The van der Waals surface area contributed by atoms with Gasteiger partial charge in [-0.15, -0.1) is 13.2 Å². The number of alkyl halides is 3. The molecule has 7 heteroatoms. The topological polar surface area (TPSA) is 35.2 Å². The lowest BCUT2D eigenvalue weighted by molar-refractivity contribution is -0.274. The Balaban J connectivity index is 2.59. The molecule has 2 N–H and O–H groups in total. The number of nitrogens with two attached hydrogens (primary N) is 1. The zero-order valence-electron chi connectivity index (χ0n) is 9.84. The highest BCUT2D eigenvalue weighted by Gasteiger charge is 2.32. The zero-order chi connectivity index (χ0) is 14.9. The van der Waals surface area contributed by atoms with Crippen molar-refractivity contribution in [2.45, 2.75) is 6.36 Å². The molecule has 2 rings (SSSR count). The summed E-state index contributed by atoms with van der Waals surface area (Å²) < 4.78 is 67.3. The van der Waals surface area contributed by atoms with Gasteiger partial charge in [0.05, 0.1) is 5.69 Å². The molecular weight excluding hydrogens is 281 g/mol. The lowest BCUT2D eigenvalue weighted by Crippen LogP contribution is -2.17. The van der Waals surface area contributed by atoms with Crippen molar-refractivity contribution in [2.75, 3.05) is 5.73 Å². The molecule has 0 aromatic heterocycles. The van der Waals surface area contributed by atoms with Crippen LogP contribution in [0.1, 0.15) is 0 Å². The maximum Gasteiger partial charge on any atom is 0.573 e. The molecule has 0 heterocycles. The van der Waals surface area contributed by atoms with Crippen LogP contribution in [-0.2, 0) is 0 Å². The fraction of sp³-hybridized carbons (Fsp3) is 0.0769. The number of hydrogen-bond acceptors (Lipinski definition) is 2. The van der Waals surface area contributed by atoms with Crippen molar-refractivity contribution in [3.8, 4) is 16.9 Å². The minimum atomic E-state index is -4.92. The summed E-state index contributed by atoms with van der Waals surface area (Å²) in [5.41, 5.74) is 4.63. The first kappa shape index (κ1) is 14.1. The summed E-state index contributed by atoms with van der Waals surface area (Å²) in [4.78, 5) is 0. The SMILES string of the molecule is Nc1c(F)cc(F)cc1-c1ccccc1OC(F)(F)F. The molecule has 2 aromatic carbocycles. The maximum absolute atomic E-state index is 13.4. The van der Waals surface area contributed by atoms with E-state index in [9.17, 15) is 22.0 Å². The Morgan fingerprint density at radius 1 is 0.950 bits per heavy atom. The standard InChI is InChI=1S/C13H8F5NO/c14-7-5-9(12(19)10(15)6-7)8-3-1-2-4-11(8)20-13(16,17)18/h1-6H,19H2. The van der Waals surface area contributed by atoms with E-state index < -0.39 is 29.4 Å². The minimum Gasteiger partial charge on any atom is -0.405 e. The molecule has 106 valence electrons. The van der Waals surface area contributed by atoms with Gasteiger partial charge in [0.25, 0.3) is 0 Å². The summed E-state index contributed by atoms with van der Waals surface area (Å²) in [5, 5.41) is 0. The molecule has 0 saturated heterocycles. The lowest BCUT2D eigenvalue weighted by atomic mass is 10.0. The number of anilines is 1. The second-order valence-corrected chi connectivity index (χ2v) is 3.89. The largest absolute Gasteiger partial charge is 0.573 e. The molecule has 0 spiro atoms. The van der Waals surface area contributed by atoms with E-state index in [1.165, 1.54) is 18.2 Å². The fourth-order valence-corrected chi connectivity index (χ4v) is 1.71. The normalized spacial score (nSPS) is 11.4. The number of nitrogen functional groups attached to an aromatic ring is 1. The smallest absolute Gasteiger partial charge is 0.405 e. The molecule has 0 atom stereocenters. The number of para-hydroxylation sites is 1. The number of hydrogen-bond donors (Lipinski definition) is 1. The third kappa shape index (κ3) is 2.98. The highest BCUT2D eigenvalue weighted by molar-refractivity contribution is 5.80. The van der Waals surface area contributed by atoms with Crippen LogP contribution < -0.4 is 10.5 Å². The van der Waals surface area contributed by atoms with Gasteiger partial charge in [-0.2, -0.15) is 0 Å². The van der Waals surface area contributed by atoms with Gasteiger partial charge in [0.15, 0.2) is 0 Å². The van der Waals surface area contributed by atoms with Crippen molar-refractivity contribution in [1.82, 2.24) is 0 Å². The average molecular weight is 289 g/mol. The van der Waals surface area contributed by atoms with Crippen LogP contribution in [0.4, 0.5) is 27.6 Å². The van der Waals surface area contributed by atoms with Crippen LogP contribution in [0.3, 0.4) is 0 Å². The number of halogens is 5. The summed E-state index contributed by atoms with van der Waals surface area (Å²) in [6, 6.07) is 6.36. The Morgan fingerprint density at radius 2 is 1.60 bits per heavy atom. The van der Waals surface area contributed by atoms with E-state index in [0.717, 1.165) is 12.1 Å². The van der Waals surface area contributed by atoms with Gasteiger partial charge in [-0.05, 0) is 12.1 Å². The molecule has 0 bridgehead atoms. The lowest BCUT2D eigenvalue weighted by Gasteiger charge is -2.14. The molecule has 0 aliphatic heterocycles. The molecular formula is C13H8F5NO. The molecule has 0 unspecified atom stereocenters. The molecule has 2 nitrogen and oxygen atoms in total. The van der Waals surface area contributed by atoms with E-state index in [-0.39, 0.29) is 11.1 Å². The molecule has 20 heavy (non-hydrogen) atoms. The second kappa shape index (κ2) is 4.99. The molecule has 0 amide bonds. The number of benzene rings is 2. The van der Waals surface area contributed by atoms with Crippen molar-refractivity contribution >= 4 is 5.69 Å². The number of rotatable bonds is 2. The van der Waals surface area contributed by atoms with Crippen LogP contribution in [0.2, 0.25) is 0 Å². The first-order valence-corrected chi connectivity index (χ1v) is 5.37. The van der Waals surface area contributed by atoms with Gasteiger partial charge in [-0.25, -0.2) is 8.78 Å². The minimum absolute atomic E-state index is 0.152. The quantitative estimate of drug-likeness (QED) is 0.667. The summed E-state index contributed by atoms with van der Waals surface area (Å²) in [6.07, 6.45) is -4.92. The number of ether oxygens (including phenoxy) is 1. The van der Waals surface area contributed by atoms with E-state index >= 15 is 0 Å². The van der Waals surface area contributed by atoms with Gasteiger partial charge in [0.2, 0.25) is 0 Å². The Bertz CT molecular complexity index is 639. The third-order valence-corrected chi connectivity index (χ3v) is 2.50. The predicted octanol–water partition coefficient (Wildman–Crippen LogP) is 4.11. The molecule has 0 aliphatic carbocycles. The average Bonchev–Trinajstić information content (AvgIpc) is 2.33. The summed E-state index contributed by atoms with van der Waals surface area (Å²) >= 11 is 0. The van der Waals surface area contributed by atoms with Crippen LogP contribution in [0, 0.1) is 11.6 Å². The van der Waals surface area contributed by atoms with Gasteiger partial charge in [0.1, 0.15) is 17.4 Å². The van der Waals surface area contributed by atoms with Crippen LogP contribution in [0.25, 0.3) is 11.1 Å². The maximum atomic E-state index is 13.4. The van der Waals surface area contributed by atoms with E-state index in [0.29, 0.717) is 6.07 Å². The molecule has 2 aromatic rings. The Kier molecular flexibility index (Phi) is 3.52. The Labute approximate surface area is 110 Å². The second-order valence-electron chi connectivity index (χ2n) is 3.89. The first-order valence-electron chi connectivity index (χ1n) is 5.37. The molecule has 0 radical (unpaired) electrons. The van der Waals surface area contributed by atoms with Crippen molar-refractivity contribution in [3.05, 3.63) is 48.0 Å². The molecule has 0 saturated carbocycles. The highest BCUT2D eigenvalue weighted by Crippen LogP contribution is 2.37. The zero-order valence-corrected chi connectivity index (χ0v) is 9.84.